The molecule has 1 aliphatic carbocycles. The van der Waals surface area contributed by atoms with Gasteiger partial charge in [-0.3, -0.25) is 14.9 Å². The van der Waals surface area contributed by atoms with Crippen LogP contribution in [0.2, 0.25) is 0 Å². The monoisotopic (exact) mass is 369 g/mol. The van der Waals surface area contributed by atoms with Gasteiger partial charge in [-0.15, -0.1) is 0 Å². The first kappa shape index (κ1) is 18.8. The third-order valence-electron chi connectivity index (χ3n) is 4.51. The van der Waals surface area contributed by atoms with E-state index in [9.17, 15) is 14.9 Å². The van der Waals surface area contributed by atoms with Crippen LogP contribution in [0.15, 0.2) is 48.5 Å². The maximum absolute atomic E-state index is 12.8. The molecular weight excluding hydrogens is 344 g/mol. The van der Waals surface area contributed by atoms with Crippen LogP contribution in [0.3, 0.4) is 0 Å². The SMILES string of the molecule is C[NH+](C)C[C@@H](NC(=O)c1ccc(NC2CC2)c([N+](=O)[O-])c1)c1ccccc1. The molecule has 0 unspecified atom stereocenters. The Morgan fingerprint density at radius 1 is 1.22 bits per heavy atom. The normalized spacial score (nSPS) is 14.6. The number of nitro benzene ring substituents is 1. The Morgan fingerprint density at radius 2 is 1.93 bits per heavy atom. The van der Waals surface area contributed by atoms with Gasteiger partial charge in [0, 0.05) is 17.7 Å². The molecule has 0 radical (unpaired) electrons. The number of carbonyl (C=O) groups excluding carboxylic acids is 1. The van der Waals surface area contributed by atoms with E-state index in [1.54, 1.807) is 12.1 Å². The number of hydrogen-bond acceptors (Lipinski definition) is 4. The smallest absolute Gasteiger partial charge is 0.293 e. The number of nitrogens with one attached hydrogen (secondary N) is 3. The fourth-order valence-electron chi connectivity index (χ4n) is 2.98. The number of hydrogen-bond donors (Lipinski definition) is 3. The van der Waals surface area contributed by atoms with Crippen molar-refractivity contribution in [1.29, 1.82) is 0 Å². The Hall–Kier alpha value is -2.93. The summed E-state index contributed by atoms with van der Waals surface area (Å²) in [5.41, 5.74) is 1.70. The van der Waals surface area contributed by atoms with Crippen molar-refractivity contribution >= 4 is 17.3 Å². The fourth-order valence-corrected chi connectivity index (χ4v) is 2.98. The molecule has 1 fully saturated rings. The highest BCUT2D eigenvalue weighted by Crippen LogP contribution is 2.31. The van der Waals surface area contributed by atoms with Gasteiger partial charge in [-0.05, 0) is 30.5 Å². The molecule has 0 spiro atoms. The van der Waals surface area contributed by atoms with Crippen LogP contribution in [0.4, 0.5) is 11.4 Å². The number of amides is 1. The van der Waals surface area contributed by atoms with E-state index in [4.69, 9.17) is 0 Å². The summed E-state index contributed by atoms with van der Waals surface area (Å²) in [6.45, 7) is 0.708. The molecule has 27 heavy (non-hydrogen) atoms. The summed E-state index contributed by atoms with van der Waals surface area (Å²) in [4.78, 5) is 24.9. The first-order chi connectivity index (χ1) is 12.9. The number of rotatable bonds is 8. The highest BCUT2D eigenvalue weighted by Gasteiger charge is 2.26. The lowest BCUT2D eigenvalue weighted by Crippen LogP contribution is -3.06. The zero-order chi connectivity index (χ0) is 19.4. The minimum Gasteiger partial charge on any atom is -0.377 e. The fraction of sp³-hybridized carbons (Fsp3) is 0.350. The molecule has 2 aromatic carbocycles. The molecule has 3 N–H and O–H groups in total. The van der Waals surface area contributed by atoms with Gasteiger partial charge in [-0.25, -0.2) is 0 Å². The summed E-state index contributed by atoms with van der Waals surface area (Å²) >= 11 is 0. The summed E-state index contributed by atoms with van der Waals surface area (Å²) in [6.07, 6.45) is 2.04. The standard InChI is InChI=1S/C20H24N4O3/c1-23(2)13-18(14-6-4-3-5-7-14)22-20(25)15-8-11-17(21-16-9-10-16)19(12-15)24(26)27/h3-8,11-12,16,18,21H,9-10,13H2,1-2H3,(H,22,25)/p+1/t18-/m1/s1. The lowest BCUT2D eigenvalue weighted by atomic mass is 10.1. The molecule has 142 valence electrons. The van der Waals surface area contributed by atoms with Gasteiger partial charge in [-0.1, -0.05) is 30.3 Å². The summed E-state index contributed by atoms with van der Waals surface area (Å²) < 4.78 is 0. The molecule has 1 amide bonds. The van der Waals surface area contributed by atoms with Gasteiger partial charge in [0.2, 0.25) is 0 Å². The van der Waals surface area contributed by atoms with E-state index in [1.807, 2.05) is 44.4 Å². The summed E-state index contributed by atoms with van der Waals surface area (Å²) in [5.74, 6) is -0.314. The minimum atomic E-state index is -0.444. The first-order valence-corrected chi connectivity index (χ1v) is 9.14. The van der Waals surface area contributed by atoms with E-state index in [2.05, 4.69) is 10.6 Å². The number of benzene rings is 2. The number of nitrogens with zero attached hydrogens (tertiary/aromatic N) is 1. The number of quaternary nitrogens is 1. The van der Waals surface area contributed by atoms with Crippen LogP contribution in [0, 0.1) is 10.1 Å². The van der Waals surface area contributed by atoms with Crippen LogP contribution in [-0.2, 0) is 0 Å². The third kappa shape index (κ3) is 5.04. The van der Waals surface area contributed by atoms with Crippen molar-refractivity contribution in [2.24, 2.45) is 0 Å². The predicted molar refractivity (Wildman–Crippen MR) is 104 cm³/mol. The molecule has 7 nitrogen and oxygen atoms in total. The van der Waals surface area contributed by atoms with Crippen LogP contribution in [0.25, 0.3) is 0 Å². The minimum absolute atomic E-state index is 0.0657. The van der Waals surface area contributed by atoms with Crippen LogP contribution in [0.5, 0.6) is 0 Å². The molecule has 0 heterocycles. The lowest BCUT2D eigenvalue weighted by molar-refractivity contribution is -0.860. The second kappa shape index (κ2) is 8.18. The van der Waals surface area contributed by atoms with Gasteiger partial charge >= 0.3 is 0 Å². The number of likely N-dealkylation sites (N-methyl/N-ethyl adjacent to an activating group) is 1. The largest absolute Gasteiger partial charge is 0.377 e. The number of anilines is 1. The van der Waals surface area contributed by atoms with E-state index < -0.39 is 4.92 Å². The Bertz CT molecular complexity index is 819. The van der Waals surface area contributed by atoms with Crippen molar-refractivity contribution < 1.29 is 14.6 Å². The van der Waals surface area contributed by atoms with Gasteiger partial charge in [0.05, 0.1) is 19.0 Å². The lowest BCUT2D eigenvalue weighted by Gasteiger charge is -2.21. The Labute approximate surface area is 158 Å². The molecule has 1 atom stereocenters. The van der Waals surface area contributed by atoms with E-state index in [1.165, 1.54) is 11.0 Å². The van der Waals surface area contributed by atoms with Crippen molar-refractivity contribution in [3.05, 3.63) is 69.8 Å². The Kier molecular flexibility index (Phi) is 5.71. The van der Waals surface area contributed by atoms with Crippen molar-refractivity contribution in [1.82, 2.24) is 5.32 Å². The third-order valence-corrected chi connectivity index (χ3v) is 4.51. The van der Waals surface area contributed by atoms with Crippen molar-refractivity contribution in [3.63, 3.8) is 0 Å². The second-order valence-electron chi connectivity index (χ2n) is 7.26. The van der Waals surface area contributed by atoms with Crippen molar-refractivity contribution in [2.45, 2.75) is 24.9 Å². The van der Waals surface area contributed by atoms with E-state index in [0.29, 0.717) is 18.3 Å². The number of carbonyl (C=O) groups is 1. The topological polar surface area (TPSA) is 88.7 Å². The van der Waals surface area contributed by atoms with Gasteiger partial charge in [0.15, 0.2) is 0 Å². The van der Waals surface area contributed by atoms with Crippen LogP contribution in [0.1, 0.15) is 34.8 Å². The molecule has 3 rings (SSSR count). The molecule has 7 heteroatoms. The van der Waals surface area contributed by atoms with Crippen molar-refractivity contribution in [3.8, 4) is 0 Å². The molecule has 0 aliphatic heterocycles. The quantitative estimate of drug-likeness (QED) is 0.489. The summed E-state index contributed by atoms with van der Waals surface area (Å²) in [5, 5.41) is 17.6. The maximum atomic E-state index is 12.8. The maximum Gasteiger partial charge on any atom is 0.293 e. The van der Waals surface area contributed by atoms with E-state index in [-0.39, 0.29) is 23.2 Å². The zero-order valence-electron chi connectivity index (χ0n) is 15.6. The van der Waals surface area contributed by atoms with Gasteiger partial charge in [0.1, 0.15) is 18.3 Å². The molecule has 1 saturated carbocycles. The van der Waals surface area contributed by atoms with Gasteiger partial charge in [0.25, 0.3) is 11.6 Å². The molecule has 1 aliphatic rings. The highest BCUT2D eigenvalue weighted by atomic mass is 16.6. The average Bonchev–Trinajstić information content (AvgIpc) is 3.45. The molecule has 2 aromatic rings. The Balaban J connectivity index is 1.80. The van der Waals surface area contributed by atoms with Crippen LogP contribution >= 0.6 is 0 Å². The second-order valence-corrected chi connectivity index (χ2v) is 7.26. The van der Waals surface area contributed by atoms with Crippen LogP contribution in [-0.4, -0.2) is 37.5 Å². The zero-order valence-corrected chi connectivity index (χ0v) is 15.6. The summed E-state index contributed by atoms with van der Waals surface area (Å²) in [6, 6.07) is 14.5. The van der Waals surface area contributed by atoms with E-state index >= 15 is 0 Å². The first-order valence-electron chi connectivity index (χ1n) is 9.14. The summed E-state index contributed by atoms with van der Waals surface area (Å²) in [7, 11) is 4.04. The number of nitro groups is 1. The molecule has 0 aromatic heterocycles. The molecule has 0 bridgehead atoms. The average molecular weight is 369 g/mol. The van der Waals surface area contributed by atoms with Gasteiger partial charge in [-0.2, -0.15) is 0 Å². The van der Waals surface area contributed by atoms with Crippen molar-refractivity contribution in [2.75, 3.05) is 26.0 Å². The van der Waals surface area contributed by atoms with E-state index in [0.717, 1.165) is 18.4 Å². The molecule has 0 saturated heterocycles. The predicted octanol–water partition coefficient (Wildman–Crippen LogP) is 1.78. The van der Waals surface area contributed by atoms with Crippen LogP contribution < -0.4 is 15.5 Å². The van der Waals surface area contributed by atoms with Gasteiger partial charge < -0.3 is 15.5 Å². The highest BCUT2D eigenvalue weighted by molar-refractivity contribution is 5.96. The molecular formula is C20H25N4O3+. The Morgan fingerprint density at radius 3 is 2.52 bits per heavy atom.